The van der Waals surface area contributed by atoms with Gasteiger partial charge in [0.15, 0.2) is 6.61 Å². The lowest BCUT2D eigenvalue weighted by Crippen LogP contribution is -2.33. The number of amides is 1. The minimum absolute atomic E-state index is 0.0464. The molecule has 6 heteroatoms. The van der Waals surface area contributed by atoms with Crippen molar-refractivity contribution in [2.75, 3.05) is 13.7 Å². The number of carboxylic acid groups (broad SMARTS) is 1. The van der Waals surface area contributed by atoms with Gasteiger partial charge in [-0.2, -0.15) is 0 Å². The molecule has 0 aromatic heterocycles. The zero-order valence-corrected chi connectivity index (χ0v) is 12.0. The van der Waals surface area contributed by atoms with Gasteiger partial charge in [0, 0.05) is 17.6 Å². The van der Waals surface area contributed by atoms with E-state index in [2.05, 4.69) is 15.9 Å². The quantitative estimate of drug-likeness (QED) is 0.899. The largest absolute Gasteiger partial charge is 0.483 e. The first-order valence-electron chi connectivity index (χ1n) is 5.90. The van der Waals surface area contributed by atoms with Gasteiger partial charge in [-0.3, -0.25) is 4.79 Å². The molecule has 0 heterocycles. The van der Waals surface area contributed by atoms with Crippen molar-refractivity contribution in [2.45, 2.75) is 18.9 Å². The van der Waals surface area contributed by atoms with Crippen molar-refractivity contribution in [2.24, 2.45) is 0 Å². The highest BCUT2D eigenvalue weighted by molar-refractivity contribution is 9.10. The van der Waals surface area contributed by atoms with Gasteiger partial charge >= 0.3 is 5.97 Å². The molecule has 0 bridgehead atoms. The SMILES string of the molecule is CN(C(=O)COc1cc(Br)ccc1C(=O)O)C1CC1. The maximum atomic E-state index is 11.8. The van der Waals surface area contributed by atoms with E-state index in [1.165, 1.54) is 6.07 Å². The van der Waals surface area contributed by atoms with Gasteiger partial charge in [-0.05, 0) is 31.0 Å². The second kappa shape index (κ2) is 5.61. The van der Waals surface area contributed by atoms with Crippen molar-refractivity contribution in [1.29, 1.82) is 0 Å². The number of carbonyl (C=O) groups excluding carboxylic acids is 1. The van der Waals surface area contributed by atoms with Crippen LogP contribution in [0.1, 0.15) is 23.2 Å². The Balaban J connectivity index is 2.03. The van der Waals surface area contributed by atoms with E-state index in [1.54, 1.807) is 24.1 Å². The first-order valence-corrected chi connectivity index (χ1v) is 6.69. The molecule has 1 amide bonds. The van der Waals surface area contributed by atoms with Crippen molar-refractivity contribution in [3.8, 4) is 5.75 Å². The minimum atomic E-state index is -1.08. The van der Waals surface area contributed by atoms with Crippen molar-refractivity contribution in [1.82, 2.24) is 4.90 Å². The molecule has 1 saturated carbocycles. The molecule has 1 aliphatic carbocycles. The fraction of sp³-hybridized carbons (Fsp3) is 0.385. The molecule has 0 unspecified atom stereocenters. The van der Waals surface area contributed by atoms with Gasteiger partial charge in [0.25, 0.3) is 5.91 Å². The predicted octanol–water partition coefficient (Wildman–Crippen LogP) is 2.15. The standard InChI is InChI=1S/C13H14BrNO4/c1-15(9-3-4-9)12(16)7-19-11-6-8(14)2-5-10(11)13(17)18/h2,5-6,9H,3-4,7H2,1H3,(H,17,18). The summed E-state index contributed by atoms with van der Waals surface area (Å²) in [7, 11) is 1.74. The second-order valence-electron chi connectivity index (χ2n) is 4.47. The molecule has 1 aromatic rings. The number of hydrogen-bond acceptors (Lipinski definition) is 3. The van der Waals surface area contributed by atoms with Crippen LogP contribution in [0.5, 0.6) is 5.75 Å². The van der Waals surface area contributed by atoms with Crippen LogP contribution >= 0.6 is 15.9 Å². The zero-order valence-electron chi connectivity index (χ0n) is 10.4. The zero-order chi connectivity index (χ0) is 14.0. The summed E-state index contributed by atoms with van der Waals surface area (Å²) in [5.41, 5.74) is 0.0464. The van der Waals surface area contributed by atoms with E-state index >= 15 is 0 Å². The number of benzene rings is 1. The van der Waals surface area contributed by atoms with Crippen LogP contribution < -0.4 is 4.74 Å². The fourth-order valence-corrected chi connectivity index (χ4v) is 2.04. The Morgan fingerprint density at radius 1 is 1.47 bits per heavy atom. The number of rotatable bonds is 5. The number of likely N-dealkylation sites (N-methyl/N-ethyl adjacent to an activating group) is 1. The van der Waals surface area contributed by atoms with Gasteiger partial charge in [0.1, 0.15) is 11.3 Å². The van der Waals surface area contributed by atoms with E-state index in [0.717, 1.165) is 12.8 Å². The average Bonchev–Trinajstić information content (AvgIpc) is 3.18. The second-order valence-corrected chi connectivity index (χ2v) is 5.39. The van der Waals surface area contributed by atoms with Crippen molar-refractivity contribution in [3.63, 3.8) is 0 Å². The van der Waals surface area contributed by atoms with Crippen LogP contribution in [-0.2, 0) is 4.79 Å². The molecule has 0 radical (unpaired) electrons. The lowest BCUT2D eigenvalue weighted by atomic mass is 10.2. The maximum Gasteiger partial charge on any atom is 0.339 e. The topological polar surface area (TPSA) is 66.8 Å². The number of carboxylic acids is 1. The third-order valence-corrected chi connectivity index (χ3v) is 3.51. The molecule has 0 aliphatic heterocycles. The Morgan fingerprint density at radius 2 is 2.16 bits per heavy atom. The van der Waals surface area contributed by atoms with Gasteiger partial charge in [-0.25, -0.2) is 4.79 Å². The summed E-state index contributed by atoms with van der Waals surface area (Å²) in [6.07, 6.45) is 2.05. The lowest BCUT2D eigenvalue weighted by Gasteiger charge is -2.17. The van der Waals surface area contributed by atoms with Crippen LogP contribution in [0.4, 0.5) is 0 Å². The third kappa shape index (κ3) is 3.47. The molecule has 1 aliphatic rings. The van der Waals surface area contributed by atoms with Gasteiger partial charge in [-0.15, -0.1) is 0 Å². The molecule has 0 saturated heterocycles. The number of nitrogens with zero attached hydrogens (tertiary/aromatic N) is 1. The van der Waals surface area contributed by atoms with Crippen LogP contribution in [0.3, 0.4) is 0 Å². The van der Waals surface area contributed by atoms with Crippen LogP contribution in [-0.4, -0.2) is 41.6 Å². The van der Waals surface area contributed by atoms with Crippen LogP contribution in [0, 0.1) is 0 Å². The molecule has 2 rings (SSSR count). The summed E-state index contributed by atoms with van der Waals surface area (Å²) in [6.45, 7) is -0.149. The summed E-state index contributed by atoms with van der Waals surface area (Å²) in [5, 5.41) is 9.04. The van der Waals surface area contributed by atoms with Gasteiger partial charge in [-0.1, -0.05) is 15.9 Å². The summed E-state index contributed by atoms with van der Waals surface area (Å²) in [4.78, 5) is 24.5. The number of hydrogen-bond donors (Lipinski definition) is 1. The Labute approximate surface area is 119 Å². The average molecular weight is 328 g/mol. The summed E-state index contributed by atoms with van der Waals surface area (Å²) >= 11 is 3.25. The molecule has 5 nitrogen and oxygen atoms in total. The van der Waals surface area contributed by atoms with E-state index < -0.39 is 5.97 Å². The van der Waals surface area contributed by atoms with E-state index in [0.29, 0.717) is 10.5 Å². The molecule has 102 valence electrons. The summed E-state index contributed by atoms with van der Waals surface area (Å²) in [5.74, 6) is -1.02. The lowest BCUT2D eigenvalue weighted by molar-refractivity contribution is -0.132. The van der Waals surface area contributed by atoms with Crippen LogP contribution in [0.2, 0.25) is 0 Å². The number of halogens is 1. The van der Waals surface area contributed by atoms with Gasteiger partial charge in [0.05, 0.1) is 0 Å². The third-order valence-electron chi connectivity index (χ3n) is 3.01. The van der Waals surface area contributed by atoms with Gasteiger partial charge in [0.2, 0.25) is 0 Å². The molecule has 1 fully saturated rings. The highest BCUT2D eigenvalue weighted by Gasteiger charge is 2.29. The Morgan fingerprint density at radius 3 is 2.74 bits per heavy atom. The summed E-state index contributed by atoms with van der Waals surface area (Å²) in [6, 6.07) is 4.93. The van der Waals surface area contributed by atoms with E-state index in [-0.39, 0.29) is 23.8 Å². The highest BCUT2D eigenvalue weighted by Crippen LogP contribution is 2.26. The highest BCUT2D eigenvalue weighted by atomic mass is 79.9. The van der Waals surface area contributed by atoms with E-state index in [9.17, 15) is 9.59 Å². The van der Waals surface area contributed by atoms with Gasteiger partial charge < -0.3 is 14.7 Å². The molecular weight excluding hydrogens is 314 g/mol. The molecular formula is C13H14BrNO4. The Kier molecular flexibility index (Phi) is 4.09. The number of carbonyl (C=O) groups is 2. The van der Waals surface area contributed by atoms with Crippen LogP contribution in [0.25, 0.3) is 0 Å². The normalized spacial score (nSPS) is 14.0. The molecule has 1 N–H and O–H groups in total. The molecule has 1 aromatic carbocycles. The Bertz CT molecular complexity index is 513. The predicted molar refractivity (Wildman–Crippen MR) is 72.4 cm³/mol. The Hall–Kier alpha value is -1.56. The number of aromatic carboxylic acids is 1. The first kappa shape index (κ1) is 13.9. The monoisotopic (exact) mass is 327 g/mol. The molecule has 19 heavy (non-hydrogen) atoms. The van der Waals surface area contributed by atoms with Crippen molar-refractivity contribution >= 4 is 27.8 Å². The van der Waals surface area contributed by atoms with Crippen molar-refractivity contribution < 1.29 is 19.4 Å². The smallest absolute Gasteiger partial charge is 0.339 e. The summed E-state index contributed by atoms with van der Waals surface area (Å²) < 4.78 is 6.04. The van der Waals surface area contributed by atoms with Crippen LogP contribution in [0.15, 0.2) is 22.7 Å². The van der Waals surface area contributed by atoms with E-state index in [1.807, 2.05) is 0 Å². The number of ether oxygens (including phenoxy) is 1. The van der Waals surface area contributed by atoms with Crippen molar-refractivity contribution in [3.05, 3.63) is 28.2 Å². The maximum absolute atomic E-state index is 11.8. The minimum Gasteiger partial charge on any atom is -0.483 e. The molecule has 0 spiro atoms. The van der Waals surface area contributed by atoms with E-state index in [4.69, 9.17) is 9.84 Å². The fourth-order valence-electron chi connectivity index (χ4n) is 1.70. The first-order chi connectivity index (χ1) is 8.99. The molecule has 0 atom stereocenters.